The van der Waals surface area contributed by atoms with E-state index in [2.05, 4.69) is 40.0 Å². The topological polar surface area (TPSA) is 15.8 Å². The molecule has 0 bridgehead atoms. The van der Waals surface area contributed by atoms with E-state index in [9.17, 15) is 0 Å². The van der Waals surface area contributed by atoms with E-state index < -0.39 is 0 Å². The second-order valence-corrected chi connectivity index (χ2v) is 5.70. The Morgan fingerprint density at radius 3 is 2.81 bits per heavy atom. The molecule has 1 heterocycles. The summed E-state index contributed by atoms with van der Waals surface area (Å²) in [5.74, 6) is 0. The third kappa shape index (κ3) is 1.60. The SMILES string of the molecule is Cc1cc(Br)cc2c3c([nH]c12)CCCCC3. The van der Waals surface area contributed by atoms with Crippen molar-refractivity contribution < 1.29 is 0 Å². The molecule has 1 N–H and O–H groups in total. The van der Waals surface area contributed by atoms with Crippen LogP contribution in [0.25, 0.3) is 10.9 Å². The number of aromatic nitrogens is 1. The first-order valence-corrected chi connectivity index (χ1v) is 6.84. The van der Waals surface area contributed by atoms with Crippen molar-refractivity contribution in [3.8, 4) is 0 Å². The maximum absolute atomic E-state index is 3.63. The van der Waals surface area contributed by atoms with Crippen molar-refractivity contribution in [3.05, 3.63) is 33.4 Å². The Bertz CT molecular complexity index is 539. The van der Waals surface area contributed by atoms with Gasteiger partial charge in [0.2, 0.25) is 0 Å². The van der Waals surface area contributed by atoms with Gasteiger partial charge < -0.3 is 4.98 Å². The summed E-state index contributed by atoms with van der Waals surface area (Å²) >= 11 is 3.60. The molecule has 0 radical (unpaired) electrons. The first kappa shape index (κ1) is 10.4. The lowest BCUT2D eigenvalue weighted by atomic mass is 10.0. The van der Waals surface area contributed by atoms with Crippen LogP contribution in [0, 0.1) is 6.92 Å². The first-order chi connectivity index (χ1) is 7.75. The van der Waals surface area contributed by atoms with E-state index in [0.717, 1.165) is 0 Å². The zero-order valence-corrected chi connectivity index (χ0v) is 11.2. The van der Waals surface area contributed by atoms with Gasteiger partial charge >= 0.3 is 0 Å². The Hall–Kier alpha value is -0.760. The van der Waals surface area contributed by atoms with Crippen molar-refractivity contribution in [3.63, 3.8) is 0 Å². The number of benzene rings is 1. The average Bonchev–Trinajstić information content (AvgIpc) is 2.46. The molecule has 0 spiro atoms. The first-order valence-electron chi connectivity index (χ1n) is 6.05. The molecule has 0 unspecified atom stereocenters. The summed E-state index contributed by atoms with van der Waals surface area (Å²) in [6, 6.07) is 4.46. The number of fused-ring (bicyclic) bond motifs is 3. The van der Waals surface area contributed by atoms with E-state index in [1.165, 1.54) is 58.7 Å². The fraction of sp³-hybridized carbons (Fsp3) is 0.429. The average molecular weight is 278 g/mol. The van der Waals surface area contributed by atoms with Crippen LogP contribution in [-0.2, 0) is 12.8 Å². The maximum atomic E-state index is 3.63. The molecule has 1 aliphatic rings. The lowest BCUT2D eigenvalue weighted by Gasteiger charge is -2.00. The second kappa shape index (κ2) is 3.92. The summed E-state index contributed by atoms with van der Waals surface area (Å²) in [7, 11) is 0. The Morgan fingerprint density at radius 2 is 1.94 bits per heavy atom. The van der Waals surface area contributed by atoms with E-state index in [4.69, 9.17) is 0 Å². The highest BCUT2D eigenvalue weighted by atomic mass is 79.9. The molecule has 1 nitrogen and oxygen atoms in total. The molecule has 1 aliphatic carbocycles. The molecular formula is C14H16BrN. The van der Waals surface area contributed by atoms with E-state index >= 15 is 0 Å². The minimum Gasteiger partial charge on any atom is -0.358 e. The Labute approximate surface area is 104 Å². The monoisotopic (exact) mass is 277 g/mol. The van der Waals surface area contributed by atoms with Gasteiger partial charge in [-0.1, -0.05) is 22.4 Å². The Balaban J connectivity index is 2.29. The highest BCUT2D eigenvalue weighted by Crippen LogP contribution is 2.32. The van der Waals surface area contributed by atoms with Crippen LogP contribution in [0.3, 0.4) is 0 Å². The maximum Gasteiger partial charge on any atom is 0.0489 e. The van der Waals surface area contributed by atoms with Gasteiger partial charge in [-0.05, 0) is 55.9 Å². The van der Waals surface area contributed by atoms with E-state index in [0.29, 0.717) is 0 Å². The van der Waals surface area contributed by atoms with Crippen LogP contribution < -0.4 is 0 Å². The van der Waals surface area contributed by atoms with Crippen molar-refractivity contribution in [2.45, 2.75) is 39.0 Å². The quantitative estimate of drug-likeness (QED) is 0.682. The summed E-state index contributed by atoms with van der Waals surface area (Å²) in [4.78, 5) is 3.63. The molecule has 16 heavy (non-hydrogen) atoms. The number of halogens is 1. The molecule has 0 aliphatic heterocycles. The highest BCUT2D eigenvalue weighted by Gasteiger charge is 2.15. The van der Waals surface area contributed by atoms with Crippen LogP contribution in [-0.4, -0.2) is 4.98 Å². The van der Waals surface area contributed by atoms with E-state index in [1.54, 1.807) is 5.56 Å². The molecule has 0 saturated carbocycles. The summed E-state index contributed by atoms with van der Waals surface area (Å²) in [5, 5.41) is 1.43. The van der Waals surface area contributed by atoms with Crippen LogP contribution >= 0.6 is 15.9 Å². The number of aryl methyl sites for hydroxylation is 3. The standard InChI is InChI=1S/C14H16BrN/c1-9-7-10(15)8-12-11-5-3-2-4-6-13(11)16-14(9)12/h7-8,16H,2-6H2,1H3. The predicted octanol–water partition coefficient (Wildman–Crippen LogP) is 4.51. The van der Waals surface area contributed by atoms with Gasteiger partial charge in [-0.25, -0.2) is 0 Å². The van der Waals surface area contributed by atoms with Crippen LogP contribution in [0.15, 0.2) is 16.6 Å². The van der Waals surface area contributed by atoms with Gasteiger partial charge in [-0.3, -0.25) is 0 Å². The number of H-pyrrole nitrogens is 1. The van der Waals surface area contributed by atoms with Gasteiger partial charge in [-0.15, -0.1) is 0 Å². The molecular weight excluding hydrogens is 262 g/mol. The number of rotatable bonds is 0. The number of hydrogen-bond donors (Lipinski definition) is 1. The molecule has 0 fully saturated rings. The molecule has 2 aromatic rings. The lowest BCUT2D eigenvalue weighted by molar-refractivity contribution is 0.708. The fourth-order valence-corrected chi connectivity index (χ4v) is 3.39. The van der Waals surface area contributed by atoms with Crippen molar-refractivity contribution in [2.24, 2.45) is 0 Å². The molecule has 84 valence electrons. The minimum atomic E-state index is 1.20. The van der Waals surface area contributed by atoms with E-state index in [-0.39, 0.29) is 0 Å². The molecule has 0 atom stereocenters. The molecule has 1 aromatic carbocycles. The van der Waals surface area contributed by atoms with E-state index in [1.807, 2.05) is 0 Å². The second-order valence-electron chi connectivity index (χ2n) is 4.79. The Morgan fingerprint density at radius 1 is 1.12 bits per heavy atom. The van der Waals surface area contributed by atoms with Crippen molar-refractivity contribution in [2.75, 3.05) is 0 Å². The molecule has 1 aromatic heterocycles. The van der Waals surface area contributed by atoms with Gasteiger partial charge in [0.25, 0.3) is 0 Å². The highest BCUT2D eigenvalue weighted by molar-refractivity contribution is 9.10. The summed E-state index contributed by atoms with van der Waals surface area (Å²) < 4.78 is 1.20. The van der Waals surface area contributed by atoms with Crippen LogP contribution in [0.5, 0.6) is 0 Å². The molecule has 3 rings (SSSR count). The number of aromatic amines is 1. The van der Waals surface area contributed by atoms with Gasteiger partial charge in [0.1, 0.15) is 0 Å². The zero-order valence-electron chi connectivity index (χ0n) is 9.57. The van der Waals surface area contributed by atoms with Gasteiger partial charge in [0, 0.05) is 21.1 Å². The van der Waals surface area contributed by atoms with Gasteiger partial charge in [-0.2, -0.15) is 0 Å². The molecule has 2 heteroatoms. The summed E-state index contributed by atoms with van der Waals surface area (Å²) in [6.45, 7) is 2.18. The Kier molecular flexibility index (Phi) is 2.55. The van der Waals surface area contributed by atoms with Crippen LogP contribution in [0.2, 0.25) is 0 Å². The third-order valence-corrected chi connectivity index (χ3v) is 4.08. The van der Waals surface area contributed by atoms with Crippen molar-refractivity contribution in [1.29, 1.82) is 0 Å². The van der Waals surface area contributed by atoms with Crippen LogP contribution in [0.1, 0.15) is 36.1 Å². The largest absolute Gasteiger partial charge is 0.358 e. The normalized spacial score (nSPS) is 16.1. The predicted molar refractivity (Wildman–Crippen MR) is 72.0 cm³/mol. The lowest BCUT2D eigenvalue weighted by Crippen LogP contribution is -1.86. The number of hydrogen-bond acceptors (Lipinski definition) is 0. The van der Waals surface area contributed by atoms with Crippen molar-refractivity contribution in [1.82, 2.24) is 4.98 Å². The summed E-state index contributed by atoms with van der Waals surface area (Å²) in [6.07, 6.45) is 6.51. The van der Waals surface area contributed by atoms with Crippen molar-refractivity contribution >= 4 is 26.8 Å². The third-order valence-electron chi connectivity index (χ3n) is 3.62. The number of nitrogens with one attached hydrogen (secondary N) is 1. The smallest absolute Gasteiger partial charge is 0.0489 e. The summed E-state index contributed by atoms with van der Waals surface area (Å²) in [5.41, 5.74) is 5.73. The van der Waals surface area contributed by atoms with Gasteiger partial charge in [0.05, 0.1) is 0 Å². The minimum absolute atomic E-state index is 1.20. The zero-order chi connectivity index (χ0) is 11.1. The van der Waals surface area contributed by atoms with Crippen LogP contribution in [0.4, 0.5) is 0 Å². The molecule has 0 amide bonds. The fourth-order valence-electron chi connectivity index (χ4n) is 2.82. The van der Waals surface area contributed by atoms with Gasteiger partial charge in [0.15, 0.2) is 0 Å². The molecule has 0 saturated heterocycles.